The number of carbonyl (C=O) groups excluding carboxylic acids is 1. The lowest BCUT2D eigenvalue weighted by Gasteiger charge is -2.27. The Morgan fingerprint density at radius 3 is 2.43 bits per heavy atom. The van der Waals surface area contributed by atoms with Crippen LogP contribution in [-0.2, 0) is 4.79 Å². The van der Waals surface area contributed by atoms with Crippen molar-refractivity contribution in [3.05, 3.63) is 35.4 Å². The van der Waals surface area contributed by atoms with Crippen molar-refractivity contribution in [1.82, 2.24) is 5.32 Å². The number of hydrogen-bond acceptors (Lipinski definition) is 2. The number of carbonyl (C=O) groups is 2. The van der Waals surface area contributed by atoms with Gasteiger partial charge in [-0.3, -0.25) is 9.59 Å². The third-order valence-electron chi connectivity index (χ3n) is 4.59. The van der Waals surface area contributed by atoms with Crippen LogP contribution in [0.15, 0.2) is 24.3 Å². The van der Waals surface area contributed by atoms with E-state index in [4.69, 9.17) is 0 Å². The van der Waals surface area contributed by atoms with Crippen LogP contribution >= 0.6 is 0 Å². The molecule has 1 amide bonds. The maximum absolute atomic E-state index is 12.3. The van der Waals surface area contributed by atoms with Crippen molar-refractivity contribution in [3.63, 3.8) is 0 Å². The molecular weight excluding hydrogens is 266 g/mol. The summed E-state index contributed by atoms with van der Waals surface area (Å²) >= 11 is 0. The first-order valence-corrected chi connectivity index (χ1v) is 7.49. The van der Waals surface area contributed by atoms with Crippen molar-refractivity contribution in [2.24, 2.45) is 5.41 Å². The topological polar surface area (TPSA) is 66.4 Å². The summed E-state index contributed by atoms with van der Waals surface area (Å²) in [4.78, 5) is 23.7. The molecule has 0 bridgehead atoms. The molecule has 114 valence electrons. The van der Waals surface area contributed by atoms with Crippen LogP contribution in [-0.4, -0.2) is 23.0 Å². The summed E-state index contributed by atoms with van der Waals surface area (Å²) in [6.45, 7) is 5.92. The van der Waals surface area contributed by atoms with Crippen LogP contribution in [0, 0.1) is 5.41 Å². The summed E-state index contributed by atoms with van der Waals surface area (Å²) in [7, 11) is 0. The molecule has 2 atom stereocenters. The van der Waals surface area contributed by atoms with Gasteiger partial charge < -0.3 is 10.4 Å². The number of nitrogens with one attached hydrogen (secondary N) is 1. The van der Waals surface area contributed by atoms with Gasteiger partial charge in [0.25, 0.3) is 5.91 Å². The normalized spacial score (nSPS) is 25.0. The van der Waals surface area contributed by atoms with Gasteiger partial charge in [0.05, 0.1) is 5.41 Å². The molecule has 1 saturated carbocycles. The zero-order valence-corrected chi connectivity index (χ0v) is 12.8. The molecule has 2 N–H and O–H groups in total. The van der Waals surface area contributed by atoms with E-state index in [0.717, 1.165) is 12.8 Å². The van der Waals surface area contributed by atoms with E-state index < -0.39 is 11.4 Å². The summed E-state index contributed by atoms with van der Waals surface area (Å²) < 4.78 is 0. The van der Waals surface area contributed by atoms with Gasteiger partial charge in [-0.25, -0.2) is 0 Å². The van der Waals surface area contributed by atoms with Crippen molar-refractivity contribution in [1.29, 1.82) is 0 Å². The summed E-state index contributed by atoms with van der Waals surface area (Å²) in [5.74, 6) is -0.600. The Kier molecular flexibility index (Phi) is 4.35. The lowest BCUT2D eigenvalue weighted by Crippen LogP contribution is -2.47. The Morgan fingerprint density at radius 2 is 1.90 bits per heavy atom. The minimum atomic E-state index is -0.854. The van der Waals surface area contributed by atoms with Gasteiger partial charge in [-0.2, -0.15) is 0 Å². The van der Waals surface area contributed by atoms with Crippen LogP contribution in [0.2, 0.25) is 0 Å². The highest BCUT2D eigenvalue weighted by atomic mass is 16.4. The van der Waals surface area contributed by atoms with E-state index in [2.05, 4.69) is 19.2 Å². The van der Waals surface area contributed by atoms with Gasteiger partial charge in [0.15, 0.2) is 0 Å². The van der Waals surface area contributed by atoms with Crippen LogP contribution in [0.5, 0.6) is 0 Å². The molecular formula is C17H23NO3. The average molecular weight is 289 g/mol. The number of hydrogen-bond donors (Lipinski definition) is 2. The van der Waals surface area contributed by atoms with Crippen LogP contribution in [0.25, 0.3) is 0 Å². The van der Waals surface area contributed by atoms with Gasteiger partial charge in [0, 0.05) is 11.6 Å². The summed E-state index contributed by atoms with van der Waals surface area (Å²) in [5, 5.41) is 12.3. The second-order valence-electron chi connectivity index (χ2n) is 6.42. The molecule has 0 aromatic heterocycles. The molecule has 1 aromatic rings. The first-order valence-electron chi connectivity index (χ1n) is 7.49. The Labute approximate surface area is 125 Å². The van der Waals surface area contributed by atoms with Gasteiger partial charge in [-0.15, -0.1) is 0 Å². The van der Waals surface area contributed by atoms with Gasteiger partial charge in [0.2, 0.25) is 0 Å². The molecule has 0 aliphatic heterocycles. The average Bonchev–Trinajstić information content (AvgIpc) is 2.81. The SMILES string of the molecule is CC(C)c1ccc(C(=O)NC2CCCC2(C)C(=O)O)cc1. The molecule has 1 aliphatic carbocycles. The molecule has 0 heterocycles. The van der Waals surface area contributed by atoms with E-state index in [0.29, 0.717) is 17.9 Å². The van der Waals surface area contributed by atoms with Crippen LogP contribution in [0.1, 0.15) is 61.9 Å². The molecule has 4 heteroatoms. The van der Waals surface area contributed by atoms with Crippen LogP contribution in [0.3, 0.4) is 0 Å². The van der Waals surface area contributed by atoms with E-state index in [1.807, 2.05) is 12.1 Å². The number of amides is 1. The van der Waals surface area contributed by atoms with Crippen molar-refractivity contribution in [2.45, 2.75) is 52.0 Å². The molecule has 4 nitrogen and oxygen atoms in total. The van der Waals surface area contributed by atoms with E-state index in [1.54, 1.807) is 19.1 Å². The number of benzene rings is 1. The highest BCUT2D eigenvalue weighted by Gasteiger charge is 2.45. The fraction of sp³-hybridized carbons (Fsp3) is 0.529. The zero-order valence-electron chi connectivity index (χ0n) is 12.8. The molecule has 1 fully saturated rings. The van der Waals surface area contributed by atoms with Crippen molar-refractivity contribution < 1.29 is 14.7 Å². The Bertz CT molecular complexity index is 535. The molecule has 0 saturated heterocycles. The largest absolute Gasteiger partial charge is 0.481 e. The first kappa shape index (κ1) is 15.5. The molecule has 1 aromatic carbocycles. The monoisotopic (exact) mass is 289 g/mol. The molecule has 2 unspecified atom stereocenters. The summed E-state index contributed by atoms with van der Waals surface area (Å²) in [6, 6.07) is 7.21. The van der Waals surface area contributed by atoms with Gasteiger partial charge in [-0.05, 0) is 43.4 Å². The zero-order chi connectivity index (χ0) is 15.6. The minimum Gasteiger partial charge on any atom is -0.481 e. The Balaban J connectivity index is 2.09. The van der Waals surface area contributed by atoms with Gasteiger partial charge in [-0.1, -0.05) is 32.4 Å². The first-order chi connectivity index (χ1) is 9.84. The van der Waals surface area contributed by atoms with E-state index in [9.17, 15) is 14.7 Å². The summed E-state index contributed by atoms with van der Waals surface area (Å²) in [5.41, 5.74) is 0.912. The molecule has 0 radical (unpaired) electrons. The second kappa shape index (κ2) is 5.88. The van der Waals surface area contributed by atoms with Crippen LogP contribution in [0.4, 0.5) is 0 Å². The minimum absolute atomic E-state index is 0.190. The predicted octanol–water partition coefficient (Wildman–Crippen LogP) is 3.18. The highest BCUT2D eigenvalue weighted by Crippen LogP contribution is 2.38. The second-order valence-corrected chi connectivity index (χ2v) is 6.42. The summed E-state index contributed by atoms with van der Waals surface area (Å²) in [6.07, 6.45) is 2.16. The molecule has 2 rings (SSSR count). The number of carboxylic acids is 1. The third kappa shape index (κ3) is 3.09. The van der Waals surface area contributed by atoms with E-state index >= 15 is 0 Å². The van der Waals surface area contributed by atoms with Crippen molar-refractivity contribution in [3.8, 4) is 0 Å². The maximum Gasteiger partial charge on any atom is 0.311 e. The third-order valence-corrected chi connectivity index (χ3v) is 4.59. The smallest absolute Gasteiger partial charge is 0.311 e. The van der Waals surface area contributed by atoms with Gasteiger partial charge >= 0.3 is 5.97 Å². The molecule has 0 spiro atoms. The molecule has 1 aliphatic rings. The Hall–Kier alpha value is -1.84. The maximum atomic E-state index is 12.3. The van der Waals surface area contributed by atoms with Crippen molar-refractivity contribution >= 4 is 11.9 Å². The predicted molar refractivity (Wildman–Crippen MR) is 81.4 cm³/mol. The van der Waals surface area contributed by atoms with Crippen LogP contribution < -0.4 is 5.32 Å². The number of aliphatic carboxylic acids is 1. The van der Waals surface area contributed by atoms with E-state index in [-0.39, 0.29) is 11.9 Å². The number of carboxylic acid groups (broad SMARTS) is 1. The van der Waals surface area contributed by atoms with Gasteiger partial charge in [0.1, 0.15) is 0 Å². The fourth-order valence-corrected chi connectivity index (χ4v) is 2.91. The standard InChI is InChI=1S/C17H23NO3/c1-11(2)12-6-8-13(9-7-12)15(19)18-14-5-4-10-17(14,3)16(20)21/h6-9,11,14H,4-5,10H2,1-3H3,(H,18,19)(H,20,21). The molecule has 21 heavy (non-hydrogen) atoms. The fourth-order valence-electron chi connectivity index (χ4n) is 2.91. The van der Waals surface area contributed by atoms with Crippen molar-refractivity contribution in [2.75, 3.05) is 0 Å². The quantitative estimate of drug-likeness (QED) is 0.894. The van der Waals surface area contributed by atoms with E-state index in [1.165, 1.54) is 5.56 Å². The number of rotatable bonds is 4. The lowest BCUT2D eigenvalue weighted by molar-refractivity contribution is -0.148. The highest BCUT2D eigenvalue weighted by molar-refractivity contribution is 5.95. The Morgan fingerprint density at radius 1 is 1.29 bits per heavy atom. The lowest BCUT2D eigenvalue weighted by atomic mass is 9.85.